The van der Waals surface area contributed by atoms with Gasteiger partial charge in [-0.3, -0.25) is 0 Å². The van der Waals surface area contributed by atoms with Crippen LogP contribution in [0.2, 0.25) is 0 Å². The normalized spacial score (nSPS) is 13.8. The topological polar surface area (TPSA) is 34.4 Å². The van der Waals surface area contributed by atoms with Gasteiger partial charge in [0.25, 0.3) is 0 Å². The van der Waals surface area contributed by atoms with E-state index < -0.39 is 5.60 Å². The van der Waals surface area contributed by atoms with Crippen molar-refractivity contribution < 1.29 is 22.5 Å². The first kappa shape index (κ1) is 11.0. The fraction of sp³-hybridized carbons (Fsp3) is 0.222. The van der Waals surface area contributed by atoms with E-state index in [1.165, 1.54) is 0 Å². The average molecular weight is 184 g/mol. The molecule has 0 fully saturated rings. The molecule has 0 spiro atoms. The van der Waals surface area contributed by atoms with Crippen LogP contribution in [0, 0.1) is 12.3 Å². The van der Waals surface area contributed by atoms with E-state index in [0.29, 0.717) is 5.56 Å². The summed E-state index contributed by atoms with van der Waals surface area (Å²) in [4.78, 5) is 2.85. The molecule has 1 aromatic heterocycles. The van der Waals surface area contributed by atoms with Crippen molar-refractivity contribution in [2.45, 2.75) is 12.5 Å². The second-order valence-electron chi connectivity index (χ2n) is 2.51. The van der Waals surface area contributed by atoms with E-state index in [1.54, 1.807) is 31.5 Å². The van der Waals surface area contributed by atoms with Crippen molar-refractivity contribution in [3.05, 3.63) is 30.1 Å². The number of pyridine rings is 1. The summed E-state index contributed by atoms with van der Waals surface area (Å²) in [5.41, 5.74) is -0.472. The molecule has 0 amide bonds. The van der Waals surface area contributed by atoms with Gasteiger partial charge in [-0.05, 0) is 13.0 Å². The van der Waals surface area contributed by atoms with Gasteiger partial charge >= 0.3 is 0 Å². The average Bonchev–Trinajstić information content (AvgIpc) is 2.06. The van der Waals surface area contributed by atoms with Crippen LogP contribution in [0.25, 0.3) is 0 Å². The standard InChI is InChI=1S/C9H9NO.ClH/c1-3-9(2,11)8-5-4-6-10-7-8;/h1,4-7,11H,2H3;1H. The zero-order valence-corrected chi connectivity index (χ0v) is 7.47. The van der Waals surface area contributed by atoms with Crippen LogP contribution in [-0.2, 0) is 5.60 Å². The highest BCUT2D eigenvalue weighted by Gasteiger charge is 2.20. The first-order valence-corrected chi connectivity index (χ1v) is 3.33. The van der Waals surface area contributed by atoms with E-state index in [4.69, 9.17) is 6.42 Å². The van der Waals surface area contributed by atoms with Gasteiger partial charge in [0.05, 0.1) is 5.56 Å². The van der Waals surface area contributed by atoms with Crippen LogP contribution in [0.3, 0.4) is 0 Å². The highest BCUT2D eigenvalue weighted by atomic mass is 35.5. The molecule has 1 unspecified atom stereocenters. The van der Waals surface area contributed by atoms with E-state index in [9.17, 15) is 5.11 Å². The van der Waals surface area contributed by atoms with Gasteiger partial charge in [0.1, 0.15) is 0 Å². The zero-order valence-electron chi connectivity index (χ0n) is 6.71. The lowest BCUT2D eigenvalue weighted by Crippen LogP contribution is -3.00. The van der Waals surface area contributed by atoms with Crippen LogP contribution < -0.4 is 17.4 Å². The Morgan fingerprint density at radius 1 is 1.67 bits per heavy atom. The van der Waals surface area contributed by atoms with Gasteiger partial charge in [-0.1, -0.05) is 5.92 Å². The maximum atomic E-state index is 9.54. The van der Waals surface area contributed by atoms with Crippen molar-refractivity contribution in [1.29, 1.82) is 0 Å². The highest BCUT2D eigenvalue weighted by Crippen LogP contribution is 2.16. The van der Waals surface area contributed by atoms with Crippen molar-refractivity contribution >= 4 is 0 Å². The molecule has 0 radical (unpaired) electrons. The number of hydrogen-bond acceptors (Lipinski definition) is 1. The second kappa shape index (κ2) is 4.10. The fourth-order valence-electron chi connectivity index (χ4n) is 0.779. The Balaban J connectivity index is 0.00000121. The molecule has 1 heterocycles. The summed E-state index contributed by atoms with van der Waals surface area (Å²) in [5, 5.41) is 9.54. The third kappa shape index (κ3) is 2.23. The van der Waals surface area contributed by atoms with E-state index >= 15 is 0 Å². The number of H-pyrrole nitrogens is 1. The number of rotatable bonds is 1. The smallest absolute Gasteiger partial charge is 0.174 e. The van der Waals surface area contributed by atoms with Gasteiger partial charge in [0.2, 0.25) is 0 Å². The Hall–Kier alpha value is -1.04. The molecule has 0 aliphatic heterocycles. The maximum absolute atomic E-state index is 9.54. The van der Waals surface area contributed by atoms with Crippen LogP contribution in [0.1, 0.15) is 12.5 Å². The van der Waals surface area contributed by atoms with Gasteiger partial charge in [0.15, 0.2) is 18.0 Å². The zero-order chi connectivity index (χ0) is 8.32. The van der Waals surface area contributed by atoms with Gasteiger partial charge in [-0.2, -0.15) is 0 Å². The van der Waals surface area contributed by atoms with Gasteiger partial charge in [-0.15, -0.1) is 6.42 Å². The molecule has 0 bridgehead atoms. The predicted octanol–water partition coefficient (Wildman–Crippen LogP) is -2.65. The lowest BCUT2D eigenvalue weighted by Gasteiger charge is -2.13. The number of aromatic amines is 1. The summed E-state index contributed by atoms with van der Waals surface area (Å²) in [6, 6.07) is 3.57. The monoisotopic (exact) mass is 183 g/mol. The Morgan fingerprint density at radius 2 is 2.33 bits per heavy atom. The largest absolute Gasteiger partial charge is 1.00 e. The van der Waals surface area contributed by atoms with Gasteiger partial charge < -0.3 is 17.5 Å². The Bertz CT molecular complexity index is 276. The summed E-state index contributed by atoms with van der Waals surface area (Å²) in [7, 11) is 0. The quantitative estimate of drug-likeness (QED) is 0.474. The Kier molecular flexibility index (Phi) is 3.75. The summed E-state index contributed by atoms with van der Waals surface area (Å²) < 4.78 is 0. The van der Waals surface area contributed by atoms with Crippen molar-refractivity contribution in [3.8, 4) is 12.3 Å². The SMILES string of the molecule is C#CC(C)(O)c1ccc[nH+]c1.[Cl-]. The third-order valence-corrected chi connectivity index (χ3v) is 1.55. The minimum Gasteiger partial charge on any atom is -1.00 e. The summed E-state index contributed by atoms with van der Waals surface area (Å²) in [6.45, 7) is 1.58. The number of aliphatic hydroxyl groups is 1. The third-order valence-electron chi connectivity index (χ3n) is 1.55. The van der Waals surface area contributed by atoms with Crippen LogP contribution in [-0.4, -0.2) is 5.11 Å². The lowest BCUT2D eigenvalue weighted by molar-refractivity contribution is -0.379. The van der Waals surface area contributed by atoms with E-state index in [-0.39, 0.29) is 12.4 Å². The molecule has 0 aromatic carbocycles. The molecule has 3 heteroatoms. The van der Waals surface area contributed by atoms with E-state index in [1.807, 2.05) is 0 Å². The molecule has 64 valence electrons. The molecule has 2 nitrogen and oxygen atoms in total. The van der Waals surface area contributed by atoms with Crippen LogP contribution in [0.15, 0.2) is 24.5 Å². The second-order valence-corrected chi connectivity index (χ2v) is 2.51. The fourth-order valence-corrected chi connectivity index (χ4v) is 0.779. The number of halogens is 1. The first-order valence-electron chi connectivity index (χ1n) is 3.33. The van der Waals surface area contributed by atoms with Crippen LogP contribution >= 0.6 is 0 Å². The molecule has 1 rings (SSSR count). The molecule has 0 aliphatic rings. The molecule has 2 N–H and O–H groups in total. The van der Waals surface area contributed by atoms with E-state index in [0.717, 1.165) is 0 Å². The molecular formula is C9H10ClNO. The van der Waals surface area contributed by atoms with Gasteiger partial charge in [-0.25, -0.2) is 4.98 Å². The maximum Gasteiger partial charge on any atom is 0.174 e. The number of nitrogens with one attached hydrogen (secondary N) is 1. The molecule has 0 aliphatic carbocycles. The minimum absolute atomic E-state index is 0. The summed E-state index contributed by atoms with van der Waals surface area (Å²) in [5.74, 6) is 2.29. The predicted molar refractivity (Wildman–Crippen MR) is 41.4 cm³/mol. The molecule has 1 atom stereocenters. The molecule has 1 aromatic rings. The lowest BCUT2D eigenvalue weighted by atomic mass is 9.99. The van der Waals surface area contributed by atoms with Crippen molar-refractivity contribution in [3.63, 3.8) is 0 Å². The van der Waals surface area contributed by atoms with Crippen LogP contribution in [0.5, 0.6) is 0 Å². The van der Waals surface area contributed by atoms with Crippen LogP contribution in [0.4, 0.5) is 0 Å². The first-order chi connectivity index (χ1) is 5.17. The Morgan fingerprint density at radius 3 is 2.75 bits per heavy atom. The molecule has 0 saturated heterocycles. The molecule has 0 saturated carbocycles. The summed E-state index contributed by atoms with van der Waals surface area (Å²) in [6.07, 6.45) is 8.56. The van der Waals surface area contributed by atoms with Crippen molar-refractivity contribution in [2.24, 2.45) is 0 Å². The van der Waals surface area contributed by atoms with Gasteiger partial charge in [0, 0.05) is 6.07 Å². The van der Waals surface area contributed by atoms with Crippen molar-refractivity contribution in [2.75, 3.05) is 0 Å². The Labute approximate surface area is 78.1 Å². The number of aromatic nitrogens is 1. The van der Waals surface area contributed by atoms with Crippen molar-refractivity contribution in [1.82, 2.24) is 0 Å². The number of hydrogen-bond donors (Lipinski definition) is 1. The van der Waals surface area contributed by atoms with E-state index in [2.05, 4.69) is 10.9 Å². The molecular weight excluding hydrogens is 174 g/mol. The minimum atomic E-state index is -1.17. The molecule has 12 heavy (non-hydrogen) atoms. The highest BCUT2D eigenvalue weighted by molar-refractivity contribution is 5.24. The number of terminal acetylenes is 1. The summed E-state index contributed by atoms with van der Waals surface area (Å²) >= 11 is 0.